The van der Waals surface area contributed by atoms with Gasteiger partial charge in [-0.05, 0) is 13.0 Å². The second-order valence-electron chi connectivity index (χ2n) is 5.36. The van der Waals surface area contributed by atoms with Crippen LogP contribution in [0.3, 0.4) is 0 Å². The quantitative estimate of drug-likeness (QED) is 0.921. The highest BCUT2D eigenvalue weighted by molar-refractivity contribution is 6.36. The van der Waals surface area contributed by atoms with Crippen molar-refractivity contribution in [2.45, 2.75) is 25.6 Å². The fourth-order valence-electron chi connectivity index (χ4n) is 2.83. The molecule has 8 heteroatoms. The summed E-state index contributed by atoms with van der Waals surface area (Å²) in [5.74, 6) is -0.392. The lowest BCUT2D eigenvalue weighted by Crippen LogP contribution is -2.56. The number of imidazole rings is 1. The van der Waals surface area contributed by atoms with Gasteiger partial charge in [0.2, 0.25) is 5.91 Å². The summed E-state index contributed by atoms with van der Waals surface area (Å²) in [5.41, 5.74) is 6.93. The number of morpholine rings is 1. The molecule has 0 unspecified atom stereocenters. The van der Waals surface area contributed by atoms with Gasteiger partial charge < -0.3 is 14.9 Å². The molecule has 0 aromatic carbocycles. The summed E-state index contributed by atoms with van der Waals surface area (Å²) in [5, 5.41) is 1.03. The first kappa shape index (κ1) is 15.6. The second-order valence-corrected chi connectivity index (χ2v) is 6.21. The molecule has 0 saturated carbocycles. The number of aromatic nitrogens is 2. The Labute approximate surface area is 137 Å². The van der Waals surface area contributed by atoms with Gasteiger partial charge in [0.1, 0.15) is 6.04 Å². The third-order valence-electron chi connectivity index (χ3n) is 3.78. The van der Waals surface area contributed by atoms with Gasteiger partial charge in [-0.3, -0.25) is 9.69 Å². The van der Waals surface area contributed by atoms with Gasteiger partial charge in [0.05, 0.1) is 28.5 Å². The largest absolute Gasteiger partial charge is 0.375 e. The van der Waals surface area contributed by atoms with E-state index in [1.165, 1.54) is 0 Å². The van der Waals surface area contributed by atoms with Crippen molar-refractivity contribution in [1.29, 1.82) is 0 Å². The Morgan fingerprint density at radius 3 is 3.00 bits per heavy atom. The first-order chi connectivity index (χ1) is 10.5. The Bertz CT molecular complexity index is 718. The molecule has 0 radical (unpaired) electrons. The van der Waals surface area contributed by atoms with Gasteiger partial charge in [-0.1, -0.05) is 23.2 Å². The molecule has 1 fully saturated rings. The van der Waals surface area contributed by atoms with Gasteiger partial charge in [0.25, 0.3) is 0 Å². The SMILES string of the molecule is C[C@H]1OCCN(Cc2cn3cc(Cl)cc(Cl)c3n2)[C@@H]1C(N)=O. The number of hydrogen-bond donors (Lipinski definition) is 1. The van der Waals surface area contributed by atoms with E-state index in [0.29, 0.717) is 35.4 Å². The number of pyridine rings is 1. The summed E-state index contributed by atoms with van der Waals surface area (Å²) in [6.07, 6.45) is 3.36. The van der Waals surface area contributed by atoms with E-state index in [-0.39, 0.29) is 6.10 Å². The van der Waals surface area contributed by atoms with Crippen LogP contribution in [-0.4, -0.2) is 45.5 Å². The lowest BCUT2D eigenvalue weighted by atomic mass is 10.1. The molecule has 0 aliphatic carbocycles. The van der Waals surface area contributed by atoms with Crippen molar-refractivity contribution in [3.05, 3.63) is 34.2 Å². The molecule has 2 aromatic heterocycles. The highest BCUT2D eigenvalue weighted by atomic mass is 35.5. The van der Waals surface area contributed by atoms with Crippen molar-refractivity contribution in [3.63, 3.8) is 0 Å². The number of ether oxygens (including phenoxy) is 1. The normalized spacial score (nSPS) is 23.0. The smallest absolute Gasteiger partial charge is 0.237 e. The molecule has 2 atom stereocenters. The number of halogens is 2. The first-order valence-corrected chi connectivity index (χ1v) is 7.69. The third-order valence-corrected chi connectivity index (χ3v) is 4.26. The van der Waals surface area contributed by atoms with Crippen molar-refractivity contribution < 1.29 is 9.53 Å². The molecule has 22 heavy (non-hydrogen) atoms. The number of hydrogen-bond acceptors (Lipinski definition) is 4. The monoisotopic (exact) mass is 342 g/mol. The maximum Gasteiger partial charge on any atom is 0.237 e. The molecule has 3 rings (SSSR count). The molecule has 2 N–H and O–H groups in total. The van der Waals surface area contributed by atoms with Gasteiger partial charge in [0.15, 0.2) is 5.65 Å². The highest BCUT2D eigenvalue weighted by Gasteiger charge is 2.34. The molecule has 1 aliphatic heterocycles. The molecule has 1 amide bonds. The summed E-state index contributed by atoms with van der Waals surface area (Å²) in [4.78, 5) is 18.2. The van der Waals surface area contributed by atoms with Gasteiger partial charge in [-0.25, -0.2) is 4.98 Å². The zero-order chi connectivity index (χ0) is 15.9. The fraction of sp³-hybridized carbons (Fsp3) is 0.429. The van der Waals surface area contributed by atoms with Crippen LogP contribution in [0.25, 0.3) is 5.65 Å². The number of fused-ring (bicyclic) bond motifs is 1. The van der Waals surface area contributed by atoms with Gasteiger partial charge in [-0.2, -0.15) is 0 Å². The zero-order valence-corrected chi connectivity index (χ0v) is 13.5. The van der Waals surface area contributed by atoms with E-state index >= 15 is 0 Å². The van der Waals surface area contributed by atoms with E-state index in [9.17, 15) is 4.79 Å². The van der Waals surface area contributed by atoms with Crippen LogP contribution in [0.15, 0.2) is 18.5 Å². The Morgan fingerprint density at radius 1 is 1.50 bits per heavy atom. The van der Waals surface area contributed by atoms with Crippen LogP contribution in [0.5, 0.6) is 0 Å². The molecular formula is C14H16Cl2N4O2. The number of rotatable bonds is 3. The molecule has 3 heterocycles. The summed E-state index contributed by atoms with van der Waals surface area (Å²) in [7, 11) is 0. The number of nitrogens with zero attached hydrogens (tertiary/aromatic N) is 3. The van der Waals surface area contributed by atoms with E-state index in [2.05, 4.69) is 4.98 Å². The van der Waals surface area contributed by atoms with E-state index < -0.39 is 11.9 Å². The van der Waals surface area contributed by atoms with E-state index in [1.807, 2.05) is 18.0 Å². The van der Waals surface area contributed by atoms with Crippen molar-refractivity contribution in [1.82, 2.24) is 14.3 Å². The lowest BCUT2D eigenvalue weighted by Gasteiger charge is -2.37. The third kappa shape index (κ3) is 2.92. The van der Waals surface area contributed by atoms with Crippen molar-refractivity contribution in [2.75, 3.05) is 13.2 Å². The lowest BCUT2D eigenvalue weighted by molar-refractivity contribution is -0.136. The molecule has 118 valence electrons. The Balaban J connectivity index is 1.88. The van der Waals surface area contributed by atoms with Crippen molar-refractivity contribution in [2.24, 2.45) is 5.73 Å². The number of carbonyl (C=O) groups excluding carboxylic acids is 1. The molecule has 2 aromatic rings. The Hall–Kier alpha value is -1.34. The Morgan fingerprint density at radius 2 is 2.27 bits per heavy atom. The standard InChI is InChI=1S/C14H16Cl2N4O2/c1-8-12(13(17)21)19(2-3-22-8)6-10-7-20-5-9(15)4-11(16)14(20)18-10/h4-5,7-8,12H,2-3,6H2,1H3,(H2,17,21)/t8-,12+/m1/s1. The zero-order valence-electron chi connectivity index (χ0n) is 12.0. The van der Waals surface area contributed by atoms with Crippen LogP contribution >= 0.6 is 23.2 Å². The molecule has 1 aliphatic rings. The number of nitrogens with two attached hydrogens (primary N) is 1. The summed E-state index contributed by atoms with van der Waals surface area (Å²) < 4.78 is 7.29. The van der Waals surface area contributed by atoms with Crippen LogP contribution in [0, 0.1) is 0 Å². The van der Waals surface area contributed by atoms with Crippen LogP contribution in [0.4, 0.5) is 0 Å². The van der Waals surface area contributed by atoms with Crippen LogP contribution < -0.4 is 5.73 Å². The first-order valence-electron chi connectivity index (χ1n) is 6.93. The summed E-state index contributed by atoms with van der Waals surface area (Å²) >= 11 is 12.1. The van der Waals surface area contributed by atoms with E-state index in [1.54, 1.807) is 16.7 Å². The average molecular weight is 343 g/mol. The number of amides is 1. The molecular weight excluding hydrogens is 327 g/mol. The topological polar surface area (TPSA) is 72.9 Å². The molecule has 6 nitrogen and oxygen atoms in total. The maximum absolute atomic E-state index is 11.7. The summed E-state index contributed by atoms with van der Waals surface area (Å²) in [6.45, 7) is 3.53. The van der Waals surface area contributed by atoms with Crippen LogP contribution in [0.1, 0.15) is 12.6 Å². The predicted molar refractivity (Wildman–Crippen MR) is 84.0 cm³/mol. The molecule has 0 spiro atoms. The second kappa shape index (κ2) is 6.04. The van der Waals surface area contributed by atoms with Crippen molar-refractivity contribution in [3.8, 4) is 0 Å². The fourth-order valence-corrected chi connectivity index (χ4v) is 3.36. The minimum absolute atomic E-state index is 0.235. The van der Waals surface area contributed by atoms with E-state index in [4.69, 9.17) is 33.7 Å². The van der Waals surface area contributed by atoms with Crippen LogP contribution in [-0.2, 0) is 16.1 Å². The number of carbonyl (C=O) groups is 1. The Kier molecular flexibility index (Phi) is 4.27. The minimum atomic E-state index is -0.461. The van der Waals surface area contributed by atoms with Gasteiger partial charge in [0, 0.05) is 25.5 Å². The summed E-state index contributed by atoms with van der Waals surface area (Å²) in [6, 6.07) is 1.19. The number of primary amides is 1. The van der Waals surface area contributed by atoms with Gasteiger partial charge >= 0.3 is 0 Å². The van der Waals surface area contributed by atoms with Crippen LogP contribution in [0.2, 0.25) is 10.0 Å². The van der Waals surface area contributed by atoms with E-state index in [0.717, 1.165) is 5.69 Å². The average Bonchev–Trinajstić information content (AvgIpc) is 2.81. The molecule has 1 saturated heterocycles. The van der Waals surface area contributed by atoms with Gasteiger partial charge in [-0.15, -0.1) is 0 Å². The minimum Gasteiger partial charge on any atom is -0.375 e. The predicted octanol–water partition coefficient (Wildman–Crippen LogP) is 1.72. The maximum atomic E-state index is 11.7. The van der Waals surface area contributed by atoms with Crippen molar-refractivity contribution >= 4 is 34.8 Å². The molecule has 0 bridgehead atoms. The highest BCUT2D eigenvalue weighted by Crippen LogP contribution is 2.23.